The van der Waals surface area contributed by atoms with Crippen molar-refractivity contribution >= 4 is 21.6 Å². The monoisotopic (exact) mass is 314 g/mol. The van der Waals surface area contributed by atoms with E-state index in [2.05, 4.69) is 52.9 Å². The topological polar surface area (TPSA) is 38.5 Å². The number of ether oxygens (including phenoxy) is 1. The summed E-state index contributed by atoms with van der Waals surface area (Å²) in [5, 5.41) is 0. The van der Waals surface area contributed by atoms with Crippen LogP contribution in [0.15, 0.2) is 22.7 Å². The molecular weight excluding hydrogens is 292 g/mol. The van der Waals surface area contributed by atoms with Gasteiger partial charge in [0.05, 0.1) is 6.61 Å². The Hall–Kier alpha value is -0.580. The number of methoxy groups -OCH3 is 1. The highest BCUT2D eigenvalue weighted by Gasteiger charge is 2.13. The van der Waals surface area contributed by atoms with Crippen LogP contribution in [0.2, 0.25) is 0 Å². The Bertz CT molecular complexity index is 371. The third-order valence-corrected chi connectivity index (χ3v) is 3.63. The summed E-state index contributed by atoms with van der Waals surface area (Å²) >= 11 is 3.55. The van der Waals surface area contributed by atoms with Crippen LogP contribution in [0.1, 0.15) is 25.8 Å². The number of hydrogen-bond donors (Lipinski definition) is 1. The van der Waals surface area contributed by atoms with E-state index in [9.17, 15) is 0 Å². The maximum absolute atomic E-state index is 5.73. The molecule has 0 fully saturated rings. The van der Waals surface area contributed by atoms with E-state index in [1.54, 1.807) is 7.11 Å². The minimum absolute atomic E-state index is 0.486. The van der Waals surface area contributed by atoms with Crippen LogP contribution in [0.5, 0.6) is 0 Å². The summed E-state index contributed by atoms with van der Waals surface area (Å²) < 4.78 is 6.27. The molecule has 3 nitrogen and oxygen atoms in total. The molecule has 0 aliphatic heterocycles. The molecule has 1 unspecified atom stereocenters. The molecule has 4 heteroatoms. The zero-order chi connectivity index (χ0) is 13.5. The van der Waals surface area contributed by atoms with Crippen LogP contribution in [-0.4, -0.2) is 26.3 Å². The van der Waals surface area contributed by atoms with Gasteiger partial charge in [0.15, 0.2) is 0 Å². The number of nitrogens with zero attached hydrogens (tertiary/aromatic N) is 1. The van der Waals surface area contributed by atoms with Gasteiger partial charge >= 0.3 is 0 Å². The Morgan fingerprint density at radius 3 is 2.67 bits per heavy atom. The Morgan fingerprint density at radius 1 is 1.39 bits per heavy atom. The number of nitrogens with two attached hydrogens (primary N) is 1. The first kappa shape index (κ1) is 15.5. The van der Waals surface area contributed by atoms with Crippen LogP contribution in [-0.2, 0) is 11.3 Å². The molecule has 2 N–H and O–H groups in total. The number of anilines is 1. The summed E-state index contributed by atoms with van der Waals surface area (Å²) in [4.78, 5) is 2.37. The van der Waals surface area contributed by atoms with Gasteiger partial charge in [0.2, 0.25) is 0 Å². The van der Waals surface area contributed by atoms with E-state index in [0.29, 0.717) is 12.6 Å². The first-order chi connectivity index (χ1) is 8.62. The second-order valence-electron chi connectivity index (χ2n) is 4.47. The van der Waals surface area contributed by atoms with Crippen LogP contribution in [0.4, 0.5) is 5.69 Å². The molecule has 0 radical (unpaired) electrons. The van der Waals surface area contributed by atoms with Crippen LogP contribution < -0.4 is 10.6 Å². The average Bonchev–Trinajstić information content (AvgIpc) is 2.38. The van der Waals surface area contributed by atoms with E-state index in [-0.39, 0.29) is 0 Å². The minimum atomic E-state index is 0.486. The third kappa shape index (κ3) is 4.26. The predicted molar refractivity (Wildman–Crippen MR) is 81.0 cm³/mol. The summed E-state index contributed by atoms with van der Waals surface area (Å²) in [6, 6.07) is 6.85. The van der Waals surface area contributed by atoms with Crippen molar-refractivity contribution in [2.45, 2.75) is 32.9 Å². The maximum atomic E-state index is 5.73. The molecule has 1 aromatic rings. The molecule has 0 bridgehead atoms. The lowest BCUT2D eigenvalue weighted by molar-refractivity contribution is 0.203. The Balaban J connectivity index is 2.99. The van der Waals surface area contributed by atoms with Crippen molar-refractivity contribution in [3.05, 3.63) is 28.2 Å². The highest BCUT2D eigenvalue weighted by molar-refractivity contribution is 9.10. The molecule has 0 saturated carbocycles. The van der Waals surface area contributed by atoms with Crippen molar-refractivity contribution in [3.63, 3.8) is 0 Å². The molecule has 1 atom stereocenters. The first-order valence-corrected chi connectivity index (χ1v) is 7.16. The van der Waals surface area contributed by atoms with Gasteiger partial charge in [-0.2, -0.15) is 0 Å². The van der Waals surface area contributed by atoms with Crippen molar-refractivity contribution in [1.29, 1.82) is 0 Å². The molecule has 0 aliphatic carbocycles. The van der Waals surface area contributed by atoms with E-state index >= 15 is 0 Å². The summed E-state index contributed by atoms with van der Waals surface area (Å²) in [5.41, 5.74) is 8.08. The van der Waals surface area contributed by atoms with E-state index in [1.165, 1.54) is 5.69 Å². The molecule has 0 saturated heterocycles. The Morgan fingerprint density at radius 2 is 2.11 bits per heavy atom. The van der Waals surface area contributed by atoms with Gasteiger partial charge in [0, 0.05) is 36.4 Å². The molecule has 102 valence electrons. The zero-order valence-corrected chi connectivity index (χ0v) is 13.0. The normalized spacial score (nSPS) is 12.5. The lowest BCUT2D eigenvalue weighted by Gasteiger charge is -2.31. The van der Waals surface area contributed by atoms with Gasteiger partial charge in [-0.05, 0) is 37.1 Å². The van der Waals surface area contributed by atoms with Crippen molar-refractivity contribution in [1.82, 2.24) is 0 Å². The van der Waals surface area contributed by atoms with Gasteiger partial charge < -0.3 is 15.4 Å². The number of rotatable bonds is 7. The minimum Gasteiger partial charge on any atom is -0.383 e. The third-order valence-electron chi connectivity index (χ3n) is 3.17. The van der Waals surface area contributed by atoms with E-state index in [0.717, 1.165) is 29.6 Å². The van der Waals surface area contributed by atoms with Crippen LogP contribution in [0.25, 0.3) is 0 Å². The number of halogens is 1. The molecule has 0 aliphatic rings. The van der Waals surface area contributed by atoms with Crippen molar-refractivity contribution < 1.29 is 4.74 Å². The fraction of sp³-hybridized carbons (Fsp3) is 0.571. The van der Waals surface area contributed by atoms with E-state index in [1.807, 2.05) is 0 Å². The van der Waals surface area contributed by atoms with Gasteiger partial charge in [-0.1, -0.05) is 22.9 Å². The van der Waals surface area contributed by atoms with Gasteiger partial charge in [-0.3, -0.25) is 0 Å². The molecule has 0 spiro atoms. The quantitative estimate of drug-likeness (QED) is 0.840. The van der Waals surface area contributed by atoms with E-state index < -0.39 is 0 Å². The summed E-state index contributed by atoms with van der Waals surface area (Å²) in [7, 11) is 1.74. The average molecular weight is 315 g/mol. The molecule has 1 rings (SSSR count). The fourth-order valence-corrected chi connectivity index (χ4v) is 2.46. The molecule has 0 heterocycles. The molecule has 18 heavy (non-hydrogen) atoms. The lowest BCUT2D eigenvalue weighted by Crippen LogP contribution is -2.35. The zero-order valence-electron chi connectivity index (χ0n) is 11.4. The second-order valence-corrected chi connectivity index (χ2v) is 5.38. The summed E-state index contributed by atoms with van der Waals surface area (Å²) in [5.74, 6) is 0. The van der Waals surface area contributed by atoms with Gasteiger partial charge in [0.25, 0.3) is 0 Å². The standard InChI is InChI=1S/C14H23BrN2O/c1-4-11(2)17(5-6-18-3)14-8-12(10-16)7-13(15)9-14/h7-9,11H,4-6,10,16H2,1-3H3. The largest absolute Gasteiger partial charge is 0.383 e. The number of hydrogen-bond acceptors (Lipinski definition) is 3. The smallest absolute Gasteiger partial charge is 0.0637 e. The highest BCUT2D eigenvalue weighted by atomic mass is 79.9. The van der Waals surface area contributed by atoms with Crippen molar-refractivity contribution in [2.24, 2.45) is 5.73 Å². The Kier molecular flexibility index (Phi) is 6.68. The molecule has 1 aromatic carbocycles. The maximum Gasteiger partial charge on any atom is 0.0637 e. The van der Waals surface area contributed by atoms with Crippen LogP contribution in [0.3, 0.4) is 0 Å². The molecule has 0 amide bonds. The lowest BCUT2D eigenvalue weighted by atomic mass is 10.1. The second kappa shape index (κ2) is 7.77. The summed E-state index contributed by atoms with van der Waals surface area (Å²) in [6.07, 6.45) is 1.11. The SMILES string of the molecule is CCC(C)N(CCOC)c1cc(Br)cc(CN)c1. The van der Waals surface area contributed by atoms with Gasteiger partial charge in [0.1, 0.15) is 0 Å². The van der Waals surface area contributed by atoms with Crippen LogP contribution >= 0.6 is 15.9 Å². The predicted octanol–water partition coefficient (Wildman–Crippen LogP) is 3.16. The fourth-order valence-electron chi connectivity index (χ4n) is 1.93. The van der Waals surface area contributed by atoms with Crippen molar-refractivity contribution in [2.75, 3.05) is 25.2 Å². The first-order valence-electron chi connectivity index (χ1n) is 6.37. The van der Waals surface area contributed by atoms with Gasteiger partial charge in [-0.15, -0.1) is 0 Å². The molecule has 0 aromatic heterocycles. The number of benzene rings is 1. The summed E-state index contributed by atoms with van der Waals surface area (Å²) in [6.45, 7) is 6.62. The highest BCUT2D eigenvalue weighted by Crippen LogP contribution is 2.25. The van der Waals surface area contributed by atoms with Crippen molar-refractivity contribution in [3.8, 4) is 0 Å². The molecular formula is C14H23BrN2O. The van der Waals surface area contributed by atoms with E-state index in [4.69, 9.17) is 10.5 Å². The Labute approximate surface area is 118 Å². The van der Waals surface area contributed by atoms with Crippen LogP contribution in [0, 0.1) is 0 Å². The van der Waals surface area contributed by atoms with Gasteiger partial charge in [-0.25, -0.2) is 0 Å².